The van der Waals surface area contributed by atoms with Crippen molar-refractivity contribution >= 4 is 5.69 Å². The van der Waals surface area contributed by atoms with E-state index in [9.17, 15) is 0 Å². The predicted octanol–water partition coefficient (Wildman–Crippen LogP) is 3.80. The zero-order chi connectivity index (χ0) is 12.3. The first-order chi connectivity index (χ1) is 8.16. The minimum atomic E-state index is -0.0728. The third kappa shape index (κ3) is 2.19. The van der Waals surface area contributed by atoms with Gasteiger partial charge in [-0.2, -0.15) is 0 Å². The molecule has 1 radical (unpaired) electrons. The van der Waals surface area contributed by atoms with E-state index in [-0.39, 0.29) is 5.41 Å². The minimum Gasteiger partial charge on any atom is -0.399 e. The Bertz CT molecular complexity index is 490. The highest BCUT2D eigenvalue weighted by atomic mass is 14.5. The monoisotopic (exact) mass is 224 g/mol. The van der Waals surface area contributed by atoms with Crippen LogP contribution in [0, 0.1) is 6.92 Å². The standard InChI is InChI=1S/C16H18N/c1-3-16(2,13-8-5-4-6-9-13)14-10-7-11-15(17)12-14/h4-12H,1,3,17H2,2H3. The van der Waals surface area contributed by atoms with Gasteiger partial charge >= 0.3 is 0 Å². The van der Waals surface area contributed by atoms with Crippen LogP contribution in [-0.2, 0) is 5.41 Å². The van der Waals surface area contributed by atoms with Crippen LogP contribution in [0.1, 0.15) is 24.5 Å². The molecule has 0 saturated carbocycles. The fourth-order valence-corrected chi connectivity index (χ4v) is 2.14. The van der Waals surface area contributed by atoms with Crippen molar-refractivity contribution in [2.24, 2.45) is 0 Å². The molecule has 0 aromatic heterocycles. The second-order valence-corrected chi connectivity index (χ2v) is 4.57. The molecule has 0 bridgehead atoms. The Morgan fingerprint density at radius 2 is 1.65 bits per heavy atom. The number of benzene rings is 2. The maximum atomic E-state index is 5.87. The molecule has 1 unspecified atom stereocenters. The van der Waals surface area contributed by atoms with E-state index in [0.717, 1.165) is 12.1 Å². The highest BCUT2D eigenvalue weighted by Crippen LogP contribution is 2.35. The molecule has 0 fully saturated rings. The van der Waals surface area contributed by atoms with Gasteiger partial charge in [0.25, 0.3) is 0 Å². The quantitative estimate of drug-likeness (QED) is 0.788. The van der Waals surface area contributed by atoms with Crippen LogP contribution in [-0.4, -0.2) is 0 Å². The lowest BCUT2D eigenvalue weighted by Gasteiger charge is -2.29. The van der Waals surface area contributed by atoms with Crippen molar-refractivity contribution < 1.29 is 0 Å². The van der Waals surface area contributed by atoms with E-state index in [2.05, 4.69) is 44.2 Å². The Balaban J connectivity index is 2.52. The van der Waals surface area contributed by atoms with E-state index in [1.54, 1.807) is 0 Å². The third-order valence-electron chi connectivity index (χ3n) is 3.43. The summed E-state index contributed by atoms with van der Waals surface area (Å²) in [6, 6.07) is 18.5. The molecule has 2 aromatic rings. The molecule has 0 spiro atoms. The summed E-state index contributed by atoms with van der Waals surface area (Å²) in [5.74, 6) is 0. The minimum absolute atomic E-state index is 0.0728. The van der Waals surface area contributed by atoms with Crippen molar-refractivity contribution in [1.29, 1.82) is 0 Å². The van der Waals surface area contributed by atoms with E-state index >= 15 is 0 Å². The molecule has 1 atom stereocenters. The Morgan fingerprint density at radius 3 is 2.24 bits per heavy atom. The smallest absolute Gasteiger partial charge is 0.0317 e. The summed E-state index contributed by atoms with van der Waals surface area (Å²) in [5, 5.41) is 0. The Kier molecular flexibility index (Phi) is 3.19. The summed E-state index contributed by atoms with van der Waals surface area (Å²) in [7, 11) is 0. The van der Waals surface area contributed by atoms with Crippen molar-refractivity contribution in [3.8, 4) is 0 Å². The van der Waals surface area contributed by atoms with E-state index in [0.29, 0.717) is 0 Å². The van der Waals surface area contributed by atoms with Gasteiger partial charge in [-0.15, -0.1) is 0 Å². The summed E-state index contributed by atoms with van der Waals surface area (Å²) in [6.07, 6.45) is 0.806. The molecular formula is C16H18N. The molecule has 2 rings (SSSR count). The van der Waals surface area contributed by atoms with E-state index in [1.165, 1.54) is 11.1 Å². The normalized spacial score (nSPS) is 14.2. The van der Waals surface area contributed by atoms with Crippen LogP contribution >= 0.6 is 0 Å². The number of hydrogen-bond donors (Lipinski definition) is 1. The Hall–Kier alpha value is -1.76. The maximum Gasteiger partial charge on any atom is 0.0317 e. The van der Waals surface area contributed by atoms with Gasteiger partial charge in [0.15, 0.2) is 0 Å². The topological polar surface area (TPSA) is 26.0 Å². The van der Waals surface area contributed by atoms with E-state index in [4.69, 9.17) is 5.73 Å². The molecule has 0 aliphatic carbocycles. The molecule has 0 heterocycles. The number of rotatable bonds is 3. The summed E-state index contributed by atoms with van der Waals surface area (Å²) in [4.78, 5) is 0. The van der Waals surface area contributed by atoms with Crippen molar-refractivity contribution in [3.05, 3.63) is 72.6 Å². The van der Waals surface area contributed by atoms with E-state index < -0.39 is 0 Å². The fourth-order valence-electron chi connectivity index (χ4n) is 2.14. The first-order valence-electron chi connectivity index (χ1n) is 5.87. The summed E-state index contributed by atoms with van der Waals surface area (Å²) < 4.78 is 0. The number of nitrogens with two attached hydrogens (primary N) is 1. The van der Waals surface area contributed by atoms with Gasteiger partial charge in [0.1, 0.15) is 0 Å². The van der Waals surface area contributed by atoms with Gasteiger partial charge in [-0.3, -0.25) is 0 Å². The summed E-state index contributed by atoms with van der Waals surface area (Å²) in [5.41, 5.74) is 9.10. The second-order valence-electron chi connectivity index (χ2n) is 4.57. The molecule has 2 N–H and O–H groups in total. The van der Waals surface area contributed by atoms with Crippen LogP contribution in [0.5, 0.6) is 0 Å². The molecule has 2 aromatic carbocycles. The fraction of sp³-hybridized carbons (Fsp3) is 0.188. The molecule has 1 heteroatoms. The molecule has 87 valence electrons. The van der Waals surface area contributed by atoms with Crippen LogP contribution in [0.15, 0.2) is 54.6 Å². The maximum absolute atomic E-state index is 5.87. The van der Waals surface area contributed by atoms with Crippen LogP contribution < -0.4 is 5.73 Å². The van der Waals surface area contributed by atoms with Gasteiger partial charge in [0.2, 0.25) is 0 Å². The number of nitrogen functional groups attached to an aromatic ring is 1. The van der Waals surface area contributed by atoms with Gasteiger partial charge in [-0.25, -0.2) is 0 Å². The second kappa shape index (κ2) is 4.62. The van der Waals surface area contributed by atoms with Crippen molar-refractivity contribution in [2.75, 3.05) is 5.73 Å². The Labute approximate surface area is 103 Å². The average Bonchev–Trinajstić information content (AvgIpc) is 2.39. The van der Waals surface area contributed by atoms with E-state index in [1.807, 2.05) is 24.3 Å². The first-order valence-corrected chi connectivity index (χ1v) is 5.87. The largest absolute Gasteiger partial charge is 0.399 e. The van der Waals surface area contributed by atoms with Gasteiger partial charge in [-0.1, -0.05) is 56.3 Å². The molecule has 0 saturated heterocycles. The van der Waals surface area contributed by atoms with Crippen molar-refractivity contribution in [1.82, 2.24) is 0 Å². The van der Waals surface area contributed by atoms with Crippen LogP contribution in [0.3, 0.4) is 0 Å². The zero-order valence-electron chi connectivity index (χ0n) is 10.2. The van der Waals surface area contributed by atoms with Crippen molar-refractivity contribution in [3.63, 3.8) is 0 Å². The van der Waals surface area contributed by atoms with Crippen LogP contribution in [0.2, 0.25) is 0 Å². The molecule has 0 aliphatic heterocycles. The molecule has 17 heavy (non-hydrogen) atoms. The first kappa shape index (κ1) is 11.7. The SMILES string of the molecule is [CH2]CC(C)(c1ccccc1)c1cccc(N)c1. The van der Waals surface area contributed by atoms with Gasteiger partial charge in [-0.05, 0) is 29.7 Å². The van der Waals surface area contributed by atoms with Crippen LogP contribution in [0.25, 0.3) is 0 Å². The number of anilines is 1. The molecule has 0 aliphatic rings. The van der Waals surface area contributed by atoms with Gasteiger partial charge in [0.05, 0.1) is 0 Å². The summed E-state index contributed by atoms with van der Waals surface area (Å²) >= 11 is 0. The number of hydrogen-bond acceptors (Lipinski definition) is 1. The average molecular weight is 224 g/mol. The van der Waals surface area contributed by atoms with Gasteiger partial charge < -0.3 is 5.73 Å². The Morgan fingerprint density at radius 1 is 1.00 bits per heavy atom. The van der Waals surface area contributed by atoms with Crippen molar-refractivity contribution in [2.45, 2.75) is 18.8 Å². The molecule has 1 nitrogen and oxygen atoms in total. The predicted molar refractivity (Wildman–Crippen MR) is 73.7 cm³/mol. The molecular weight excluding hydrogens is 206 g/mol. The summed E-state index contributed by atoms with van der Waals surface area (Å²) in [6.45, 7) is 6.31. The molecule has 0 amide bonds. The van der Waals surface area contributed by atoms with Crippen LogP contribution in [0.4, 0.5) is 5.69 Å². The zero-order valence-corrected chi connectivity index (χ0v) is 10.2. The lowest BCUT2D eigenvalue weighted by atomic mass is 9.74. The van der Waals surface area contributed by atoms with Gasteiger partial charge in [0, 0.05) is 11.1 Å². The lowest BCUT2D eigenvalue weighted by Crippen LogP contribution is -2.22. The third-order valence-corrected chi connectivity index (χ3v) is 3.43. The highest BCUT2D eigenvalue weighted by molar-refractivity contribution is 5.47. The highest BCUT2D eigenvalue weighted by Gasteiger charge is 2.26. The lowest BCUT2D eigenvalue weighted by molar-refractivity contribution is 0.578.